The van der Waals surface area contributed by atoms with E-state index in [9.17, 15) is 18.0 Å². The maximum atomic E-state index is 12.8. The second kappa shape index (κ2) is 7.80. The van der Waals surface area contributed by atoms with Crippen molar-refractivity contribution >= 4 is 5.97 Å². The van der Waals surface area contributed by atoms with Gasteiger partial charge in [-0.15, -0.1) is 0 Å². The number of carbonyl (C=O) groups is 1. The smallest absolute Gasteiger partial charge is 0.391 e. The second-order valence-corrected chi connectivity index (χ2v) is 6.24. The van der Waals surface area contributed by atoms with Crippen LogP contribution in [0.3, 0.4) is 0 Å². The van der Waals surface area contributed by atoms with Gasteiger partial charge in [-0.05, 0) is 55.7 Å². The molecule has 0 spiro atoms. The summed E-state index contributed by atoms with van der Waals surface area (Å²) >= 11 is 0. The Hall–Kier alpha value is -2.18. The van der Waals surface area contributed by atoms with E-state index in [4.69, 9.17) is 14.6 Å². The Kier molecular flexibility index (Phi) is 5.98. The van der Waals surface area contributed by atoms with E-state index < -0.39 is 18.1 Å². The van der Waals surface area contributed by atoms with Gasteiger partial charge >= 0.3 is 12.1 Å². The largest absolute Gasteiger partial charge is 0.500 e. The normalized spacial score (nSPS) is 21.7. The van der Waals surface area contributed by atoms with Crippen LogP contribution in [0.2, 0.25) is 0 Å². The van der Waals surface area contributed by atoms with Gasteiger partial charge in [-0.3, -0.25) is 0 Å². The Labute approximate surface area is 144 Å². The number of hydrogen-bond acceptors (Lipinski definition) is 3. The lowest BCUT2D eigenvalue weighted by atomic mass is 9.78. The summed E-state index contributed by atoms with van der Waals surface area (Å²) in [6.07, 6.45) is -2.01. The number of halogens is 3. The van der Waals surface area contributed by atoms with E-state index in [1.54, 1.807) is 19.1 Å². The van der Waals surface area contributed by atoms with Gasteiger partial charge in [-0.2, -0.15) is 13.2 Å². The van der Waals surface area contributed by atoms with Crippen LogP contribution in [0.5, 0.6) is 5.75 Å². The summed E-state index contributed by atoms with van der Waals surface area (Å²) in [5, 5.41) is 9.10. The molecule has 2 rings (SSSR count). The van der Waals surface area contributed by atoms with Crippen molar-refractivity contribution in [3.05, 3.63) is 41.3 Å². The zero-order chi connectivity index (χ0) is 18.6. The van der Waals surface area contributed by atoms with Crippen molar-refractivity contribution < 1.29 is 32.5 Å². The van der Waals surface area contributed by atoms with E-state index in [1.165, 1.54) is 7.11 Å². The van der Waals surface area contributed by atoms with Crippen LogP contribution in [0.4, 0.5) is 13.2 Å². The van der Waals surface area contributed by atoms with Gasteiger partial charge in [-0.25, -0.2) is 4.79 Å². The van der Waals surface area contributed by atoms with Crippen LogP contribution in [-0.4, -0.2) is 24.4 Å². The third kappa shape index (κ3) is 4.90. The lowest BCUT2D eigenvalue weighted by Gasteiger charge is -2.30. The molecule has 0 radical (unpaired) electrons. The van der Waals surface area contributed by atoms with Crippen molar-refractivity contribution in [2.45, 2.75) is 44.7 Å². The highest BCUT2D eigenvalue weighted by Crippen LogP contribution is 2.43. The number of methoxy groups -OCH3 is 1. The lowest BCUT2D eigenvalue weighted by Crippen LogP contribution is -2.27. The van der Waals surface area contributed by atoms with E-state index >= 15 is 0 Å². The third-order valence-electron chi connectivity index (χ3n) is 4.53. The summed E-state index contributed by atoms with van der Waals surface area (Å²) in [6, 6.07) is 5.36. The molecular formula is C18H21F3O4. The fourth-order valence-electron chi connectivity index (χ4n) is 3.08. The number of ether oxygens (including phenoxy) is 2. The van der Waals surface area contributed by atoms with Gasteiger partial charge in [0.1, 0.15) is 12.0 Å². The van der Waals surface area contributed by atoms with Crippen LogP contribution in [0.1, 0.15) is 42.7 Å². The molecule has 1 N–H and O–H groups in total. The first-order valence-corrected chi connectivity index (χ1v) is 8.03. The molecule has 0 unspecified atom stereocenters. The molecular weight excluding hydrogens is 337 g/mol. The highest BCUT2D eigenvalue weighted by Gasteiger charge is 2.41. The summed E-state index contributed by atoms with van der Waals surface area (Å²) < 4.78 is 48.5. The quantitative estimate of drug-likeness (QED) is 0.608. The number of carboxylic acid groups (broad SMARTS) is 1. The summed E-state index contributed by atoms with van der Waals surface area (Å²) in [5.74, 6) is -2.48. The average Bonchev–Trinajstić information content (AvgIpc) is 2.55. The van der Waals surface area contributed by atoms with Crippen molar-refractivity contribution in [2.75, 3.05) is 7.11 Å². The Morgan fingerprint density at radius 1 is 1.24 bits per heavy atom. The van der Waals surface area contributed by atoms with Crippen LogP contribution >= 0.6 is 0 Å². The minimum absolute atomic E-state index is 0.0150. The number of benzene rings is 1. The molecule has 7 heteroatoms. The van der Waals surface area contributed by atoms with Crippen LogP contribution in [-0.2, 0) is 9.53 Å². The molecule has 0 aromatic heterocycles. The van der Waals surface area contributed by atoms with Gasteiger partial charge in [0.15, 0.2) is 0 Å². The van der Waals surface area contributed by atoms with Gasteiger partial charge in [0.2, 0.25) is 5.76 Å². The van der Waals surface area contributed by atoms with E-state index in [-0.39, 0.29) is 24.5 Å². The zero-order valence-electron chi connectivity index (χ0n) is 14.1. The van der Waals surface area contributed by atoms with E-state index in [0.29, 0.717) is 18.6 Å². The van der Waals surface area contributed by atoms with Crippen molar-refractivity contribution in [3.63, 3.8) is 0 Å². The van der Waals surface area contributed by atoms with Gasteiger partial charge < -0.3 is 14.6 Å². The molecule has 4 nitrogen and oxygen atoms in total. The monoisotopic (exact) mass is 358 g/mol. The van der Waals surface area contributed by atoms with E-state index in [0.717, 1.165) is 17.4 Å². The fourth-order valence-corrected chi connectivity index (χ4v) is 3.08. The molecule has 1 aromatic carbocycles. The molecule has 0 atom stereocenters. The first-order chi connectivity index (χ1) is 11.7. The van der Waals surface area contributed by atoms with Gasteiger partial charge in [0.05, 0.1) is 13.0 Å². The number of rotatable bonds is 5. The SMILES string of the molecule is CO/C=C(\Oc1cc(C2CCC(C(F)(F)F)CC2)ccc1C)C(=O)O. The summed E-state index contributed by atoms with van der Waals surface area (Å²) in [6.45, 7) is 1.77. The predicted octanol–water partition coefficient (Wildman–Crippen LogP) is 4.78. The number of hydrogen-bond donors (Lipinski definition) is 1. The first kappa shape index (κ1) is 19.1. The Balaban J connectivity index is 2.14. The van der Waals surface area contributed by atoms with Gasteiger partial charge in [0.25, 0.3) is 0 Å². The summed E-state index contributed by atoms with van der Waals surface area (Å²) in [5.41, 5.74) is 1.60. The van der Waals surface area contributed by atoms with Gasteiger partial charge in [0, 0.05) is 0 Å². The highest BCUT2D eigenvalue weighted by atomic mass is 19.4. The molecule has 138 valence electrons. The number of alkyl halides is 3. The van der Waals surface area contributed by atoms with Crippen LogP contribution in [0.25, 0.3) is 0 Å². The summed E-state index contributed by atoms with van der Waals surface area (Å²) in [7, 11) is 1.31. The fraction of sp³-hybridized carbons (Fsp3) is 0.500. The molecule has 0 saturated heterocycles. The first-order valence-electron chi connectivity index (χ1n) is 8.03. The van der Waals surface area contributed by atoms with Crippen molar-refractivity contribution in [1.29, 1.82) is 0 Å². The lowest BCUT2D eigenvalue weighted by molar-refractivity contribution is -0.182. The number of aliphatic carboxylic acids is 1. The zero-order valence-corrected chi connectivity index (χ0v) is 14.1. The van der Waals surface area contributed by atoms with Crippen molar-refractivity contribution in [2.24, 2.45) is 5.92 Å². The Morgan fingerprint density at radius 2 is 1.88 bits per heavy atom. The topological polar surface area (TPSA) is 55.8 Å². The summed E-state index contributed by atoms with van der Waals surface area (Å²) in [4.78, 5) is 11.1. The predicted molar refractivity (Wildman–Crippen MR) is 85.3 cm³/mol. The molecule has 1 fully saturated rings. The molecule has 1 saturated carbocycles. The number of aryl methyl sites for hydroxylation is 1. The molecule has 0 aliphatic heterocycles. The molecule has 25 heavy (non-hydrogen) atoms. The van der Waals surface area contributed by atoms with E-state index in [1.807, 2.05) is 6.07 Å². The number of carboxylic acids is 1. The molecule has 1 aliphatic rings. The second-order valence-electron chi connectivity index (χ2n) is 6.24. The maximum absolute atomic E-state index is 12.8. The molecule has 1 aromatic rings. The van der Waals surface area contributed by atoms with Crippen molar-refractivity contribution in [1.82, 2.24) is 0 Å². The van der Waals surface area contributed by atoms with Crippen LogP contribution in [0, 0.1) is 12.8 Å². The molecule has 0 bridgehead atoms. The molecule has 0 amide bonds. The Bertz CT molecular complexity index is 644. The maximum Gasteiger partial charge on any atom is 0.391 e. The third-order valence-corrected chi connectivity index (χ3v) is 4.53. The van der Waals surface area contributed by atoms with E-state index in [2.05, 4.69) is 0 Å². The van der Waals surface area contributed by atoms with Crippen LogP contribution < -0.4 is 4.74 Å². The highest BCUT2D eigenvalue weighted by molar-refractivity contribution is 5.84. The minimum atomic E-state index is -4.13. The Morgan fingerprint density at radius 3 is 2.40 bits per heavy atom. The van der Waals surface area contributed by atoms with Crippen molar-refractivity contribution in [3.8, 4) is 5.75 Å². The molecule has 1 aliphatic carbocycles. The van der Waals surface area contributed by atoms with Gasteiger partial charge in [-0.1, -0.05) is 12.1 Å². The average molecular weight is 358 g/mol. The van der Waals surface area contributed by atoms with Crippen LogP contribution in [0.15, 0.2) is 30.2 Å². The standard InChI is InChI=1S/C18H21F3O4/c1-11-3-4-13(9-15(11)25-16(10-24-2)17(22)23)12-5-7-14(8-6-12)18(19,20)21/h3-4,9-10,12,14H,5-8H2,1-2H3,(H,22,23)/b16-10-. The minimum Gasteiger partial charge on any atom is -0.500 e. The molecule has 0 heterocycles.